The van der Waals surface area contributed by atoms with Gasteiger partial charge in [-0.25, -0.2) is 0 Å². The summed E-state index contributed by atoms with van der Waals surface area (Å²) in [4.78, 5) is 24.7. The third-order valence-corrected chi connectivity index (χ3v) is 5.42. The first kappa shape index (κ1) is 20.3. The van der Waals surface area contributed by atoms with Gasteiger partial charge in [-0.1, -0.05) is 0 Å². The predicted molar refractivity (Wildman–Crippen MR) is 110 cm³/mol. The van der Waals surface area contributed by atoms with E-state index in [1.54, 1.807) is 0 Å². The highest BCUT2D eigenvalue weighted by molar-refractivity contribution is 14.1. The van der Waals surface area contributed by atoms with E-state index in [1.165, 1.54) is 18.7 Å². The second kappa shape index (κ2) is 8.94. The topological polar surface area (TPSA) is 89.9 Å². The van der Waals surface area contributed by atoms with E-state index in [-0.39, 0.29) is 18.4 Å². The van der Waals surface area contributed by atoms with Crippen LogP contribution in [0.3, 0.4) is 0 Å². The number of benzene rings is 1. The molecule has 0 saturated heterocycles. The number of nitrogens with one attached hydrogen (secondary N) is 1. The fourth-order valence-corrected chi connectivity index (χ4v) is 5.99. The number of hydrogen-bond acceptors (Lipinski definition) is 4. The summed E-state index contributed by atoms with van der Waals surface area (Å²) >= 11 is 6.30. The number of carbonyl (C=O) groups excluding carboxylic acids is 2. The Labute approximate surface area is 169 Å². The third kappa shape index (κ3) is 5.14. The molecule has 0 radical (unpaired) electrons. The van der Waals surface area contributed by atoms with E-state index in [2.05, 4.69) is 73.1 Å². The van der Waals surface area contributed by atoms with Crippen molar-refractivity contribution in [2.45, 2.75) is 20.0 Å². The molecule has 0 saturated carbocycles. The zero-order chi connectivity index (χ0) is 17.0. The lowest BCUT2D eigenvalue weighted by Crippen LogP contribution is -2.38. The molecule has 1 aromatic rings. The lowest BCUT2D eigenvalue weighted by atomic mass is 10.2. The summed E-state index contributed by atoms with van der Waals surface area (Å²) in [5.41, 5.74) is 1.25. The summed E-state index contributed by atoms with van der Waals surface area (Å²) in [5, 5.41) is 21.5. The average Bonchev–Trinajstić information content (AvgIpc) is 2.41. The lowest BCUT2D eigenvalue weighted by molar-refractivity contribution is -0.117. The maximum Gasteiger partial charge on any atom is 0.224 e. The van der Waals surface area contributed by atoms with Crippen molar-refractivity contribution in [1.29, 1.82) is 0 Å². The van der Waals surface area contributed by atoms with Crippen LogP contribution < -0.4 is 10.2 Å². The molecule has 9 heteroatoms. The van der Waals surface area contributed by atoms with Gasteiger partial charge in [0.2, 0.25) is 11.8 Å². The Balaban J connectivity index is 3.42. The van der Waals surface area contributed by atoms with E-state index in [1.807, 2.05) is 6.07 Å². The molecule has 2 amide bonds. The molecule has 0 bridgehead atoms. The van der Waals surface area contributed by atoms with Crippen LogP contribution in [0.4, 0.5) is 11.4 Å². The fourth-order valence-electron chi connectivity index (χ4n) is 1.76. The van der Waals surface area contributed by atoms with Gasteiger partial charge in [-0.2, -0.15) is 0 Å². The average molecular weight is 644 g/mol. The SMILES string of the molecule is CC(=O)Nc1c(I)cc(I)c(N(CC(O)CO)C(C)=O)c1I. The third-order valence-electron chi connectivity index (χ3n) is 2.70. The van der Waals surface area contributed by atoms with E-state index in [0.29, 0.717) is 14.9 Å². The summed E-state index contributed by atoms with van der Waals surface area (Å²) in [6.07, 6.45) is -1.03. The number of nitrogens with zero attached hydrogens (tertiary/aromatic N) is 1. The normalized spacial score (nSPS) is 12.0. The van der Waals surface area contributed by atoms with E-state index in [9.17, 15) is 14.7 Å². The van der Waals surface area contributed by atoms with Crippen LogP contribution in [0.15, 0.2) is 6.07 Å². The molecule has 0 spiro atoms. The largest absolute Gasteiger partial charge is 0.394 e. The van der Waals surface area contributed by atoms with Gasteiger partial charge in [-0.15, -0.1) is 0 Å². The van der Waals surface area contributed by atoms with E-state index < -0.39 is 12.7 Å². The Hall–Kier alpha value is 0.270. The van der Waals surface area contributed by atoms with Gasteiger partial charge >= 0.3 is 0 Å². The van der Waals surface area contributed by atoms with E-state index >= 15 is 0 Å². The molecule has 1 atom stereocenters. The van der Waals surface area contributed by atoms with Gasteiger partial charge in [-0.05, 0) is 73.8 Å². The highest BCUT2D eigenvalue weighted by Gasteiger charge is 2.24. The number of halogens is 3. The first-order chi connectivity index (χ1) is 10.2. The molecule has 0 heterocycles. The van der Waals surface area contributed by atoms with Gasteiger partial charge in [0, 0.05) is 21.0 Å². The Morgan fingerprint density at radius 3 is 2.32 bits per heavy atom. The second-order valence-corrected chi connectivity index (χ2v) is 7.93. The molecule has 0 aliphatic rings. The van der Waals surface area contributed by atoms with E-state index in [0.717, 1.165) is 7.14 Å². The van der Waals surface area contributed by atoms with Crippen LogP contribution in [0.5, 0.6) is 0 Å². The van der Waals surface area contributed by atoms with Gasteiger partial charge in [0.15, 0.2) is 0 Å². The molecule has 0 aromatic heterocycles. The molecular formula is C13H15I3N2O4. The standard InChI is InChI=1S/C13H15I3N2O4/c1-6(20)17-12-9(14)3-10(15)13(11(12)16)18(7(2)21)4-8(22)5-19/h3,8,19,22H,4-5H2,1-2H3,(H,17,20). The Kier molecular flexibility index (Phi) is 8.25. The molecular weight excluding hydrogens is 629 g/mol. The van der Waals surface area contributed by atoms with Crippen molar-refractivity contribution in [2.75, 3.05) is 23.4 Å². The molecule has 6 nitrogen and oxygen atoms in total. The molecule has 0 fully saturated rings. The minimum absolute atomic E-state index is 0.0159. The van der Waals surface area contributed by atoms with Crippen molar-refractivity contribution in [2.24, 2.45) is 0 Å². The van der Waals surface area contributed by atoms with Gasteiger partial charge in [0.05, 0.1) is 34.2 Å². The smallest absolute Gasteiger partial charge is 0.224 e. The zero-order valence-corrected chi connectivity index (χ0v) is 18.3. The van der Waals surface area contributed by atoms with Crippen LogP contribution >= 0.6 is 67.8 Å². The lowest BCUT2D eigenvalue weighted by Gasteiger charge is -2.27. The predicted octanol–water partition coefficient (Wildman–Crippen LogP) is 2.16. The molecule has 3 N–H and O–H groups in total. The molecule has 1 rings (SSSR count). The Morgan fingerprint density at radius 1 is 1.27 bits per heavy atom. The number of rotatable bonds is 5. The minimum atomic E-state index is -1.03. The van der Waals surface area contributed by atoms with Gasteiger partial charge in [0.1, 0.15) is 0 Å². The van der Waals surface area contributed by atoms with Crippen LogP contribution in [0, 0.1) is 10.7 Å². The van der Waals surface area contributed by atoms with Crippen LogP contribution in [-0.2, 0) is 9.59 Å². The van der Waals surface area contributed by atoms with Crippen LogP contribution in [0.2, 0.25) is 0 Å². The first-order valence-corrected chi connectivity index (χ1v) is 9.44. The summed E-state index contributed by atoms with van der Waals surface area (Å²) in [5.74, 6) is -0.453. The maximum atomic E-state index is 12.0. The number of anilines is 2. The van der Waals surface area contributed by atoms with Crippen LogP contribution in [0.25, 0.3) is 0 Å². The van der Waals surface area contributed by atoms with Crippen molar-refractivity contribution in [3.8, 4) is 0 Å². The fraction of sp³-hybridized carbons (Fsp3) is 0.385. The number of carbonyl (C=O) groups is 2. The minimum Gasteiger partial charge on any atom is -0.394 e. The summed E-state index contributed by atoms with van der Waals surface area (Å²) in [7, 11) is 0. The van der Waals surface area contributed by atoms with Crippen molar-refractivity contribution < 1.29 is 19.8 Å². The maximum absolute atomic E-state index is 12.0. The van der Waals surface area contributed by atoms with Crippen molar-refractivity contribution in [3.63, 3.8) is 0 Å². The van der Waals surface area contributed by atoms with Crippen molar-refractivity contribution in [1.82, 2.24) is 0 Å². The number of aliphatic hydroxyl groups excluding tert-OH is 2. The summed E-state index contributed by atoms with van der Waals surface area (Å²) < 4.78 is 2.39. The van der Waals surface area contributed by atoms with E-state index in [4.69, 9.17) is 5.11 Å². The van der Waals surface area contributed by atoms with Crippen LogP contribution in [0.1, 0.15) is 13.8 Å². The molecule has 1 unspecified atom stereocenters. The highest BCUT2D eigenvalue weighted by Crippen LogP contribution is 2.37. The van der Waals surface area contributed by atoms with Crippen molar-refractivity contribution in [3.05, 3.63) is 16.8 Å². The number of amides is 2. The molecule has 0 aliphatic heterocycles. The highest BCUT2D eigenvalue weighted by atomic mass is 127. The van der Waals surface area contributed by atoms with Crippen LogP contribution in [-0.4, -0.2) is 41.3 Å². The number of aliphatic hydroxyl groups is 2. The van der Waals surface area contributed by atoms with Gasteiger partial charge in [0.25, 0.3) is 0 Å². The molecule has 122 valence electrons. The zero-order valence-electron chi connectivity index (χ0n) is 11.9. The molecule has 22 heavy (non-hydrogen) atoms. The Bertz CT molecular complexity index is 595. The van der Waals surface area contributed by atoms with Gasteiger partial charge < -0.3 is 20.4 Å². The van der Waals surface area contributed by atoms with Crippen molar-refractivity contribution >= 4 is 91.0 Å². The molecule has 1 aromatic carbocycles. The number of hydrogen-bond donors (Lipinski definition) is 3. The second-order valence-electron chi connectivity index (χ2n) is 4.53. The van der Waals surface area contributed by atoms with Gasteiger partial charge in [-0.3, -0.25) is 9.59 Å². The summed E-state index contributed by atoms with van der Waals surface area (Å²) in [6, 6.07) is 1.85. The Morgan fingerprint density at radius 2 is 1.86 bits per heavy atom. The monoisotopic (exact) mass is 644 g/mol. The molecule has 0 aliphatic carbocycles. The summed E-state index contributed by atoms with van der Waals surface area (Å²) in [6.45, 7) is 2.37. The first-order valence-electron chi connectivity index (χ1n) is 6.21. The quantitative estimate of drug-likeness (QED) is 0.430.